The van der Waals surface area contributed by atoms with Crippen molar-refractivity contribution in [3.05, 3.63) is 66.2 Å². The van der Waals surface area contributed by atoms with Gasteiger partial charge in [0, 0.05) is 31.9 Å². The quantitative estimate of drug-likeness (QED) is 0.743. The monoisotopic (exact) mass is 404 g/mol. The first kappa shape index (κ1) is 19.9. The van der Waals surface area contributed by atoms with E-state index in [1.165, 1.54) is 9.87 Å². The first-order chi connectivity index (χ1) is 13.0. The molecule has 1 atom stereocenters. The van der Waals surface area contributed by atoms with Crippen molar-refractivity contribution in [3.8, 4) is 0 Å². The average Bonchev–Trinajstić information content (AvgIpc) is 2.73. The van der Waals surface area contributed by atoms with E-state index < -0.39 is 10.0 Å². The molecule has 0 saturated carbocycles. The van der Waals surface area contributed by atoms with Gasteiger partial charge >= 0.3 is 0 Å². The van der Waals surface area contributed by atoms with Crippen molar-refractivity contribution in [2.24, 2.45) is 0 Å². The Hall–Kier alpha value is -1.83. The molecule has 1 aliphatic rings. The molecule has 0 aromatic heterocycles. The van der Waals surface area contributed by atoms with Gasteiger partial charge in [0.25, 0.3) is 0 Å². The lowest BCUT2D eigenvalue weighted by Gasteiger charge is -2.35. The molecule has 3 rings (SSSR count). The highest BCUT2D eigenvalue weighted by atomic mass is 32.2. The normalized spacial score (nSPS) is 16.9. The number of hydrogen-bond donors (Lipinski definition) is 0. The van der Waals surface area contributed by atoms with E-state index in [2.05, 4.69) is 12.1 Å². The highest BCUT2D eigenvalue weighted by molar-refractivity contribution is 7.99. The summed E-state index contributed by atoms with van der Waals surface area (Å²) in [6.45, 7) is 3.45. The van der Waals surface area contributed by atoms with Gasteiger partial charge in [-0.1, -0.05) is 48.5 Å². The van der Waals surface area contributed by atoms with Crippen LogP contribution < -0.4 is 0 Å². The number of carbonyl (C=O) groups excluding carboxylic acids is 1. The molecule has 144 valence electrons. The van der Waals surface area contributed by atoms with Gasteiger partial charge in [0.05, 0.1) is 10.1 Å². The van der Waals surface area contributed by atoms with Crippen LogP contribution in [0.4, 0.5) is 0 Å². The van der Waals surface area contributed by atoms with Gasteiger partial charge in [-0.15, -0.1) is 11.8 Å². The predicted molar refractivity (Wildman–Crippen MR) is 109 cm³/mol. The fraction of sp³-hybridized carbons (Fsp3) is 0.350. The van der Waals surface area contributed by atoms with E-state index in [1.54, 1.807) is 47.0 Å². The molecule has 7 heteroatoms. The zero-order valence-corrected chi connectivity index (χ0v) is 17.0. The molecule has 0 spiro atoms. The van der Waals surface area contributed by atoms with Crippen LogP contribution in [-0.2, 0) is 20.6 Å². The van der Waals surface area contributed by atoms with Crippen molar-refractivity contribution < 1.29 is 13.2 Å². The van der Waals surface area contributed by atoms with Crippen molar-refractivity contribution in [2.45, 2.75) is 22.8 Å². The standard InChI is InChI=1S/C20H24N2O3S2/c1-17(26-16-18-8-4-2-5-9-18)20(23)21-12-14-22(15-13-21)27(24,25)19-10-6-3-7-11-19/h2-11,17H,12-16H2,1H3/t17-/m1/s1. The maximum atomic E-state index is 12.7. The van der Waals surface area contributed by atoms with Gasteiger partial charge in [0.2, 0.25) is 15.9 Å². The minimum absolute atomic E-state index is 0.0766. The molecule has 2 aromatic carbocycles. The highest BCUT2D eigenvalue weighted by Crippen LogP contribution is 2.22. The molecule has 27 heavy (non-hydrogen) atoms. The summed E-state index contributed by atoms with van der Waals surface area (Å²) in [6.07, 6.45) is 0. The van der Waals surface area contributed by atoms with E-state index in [0.717, 1.165) is 5.75 Å². The van der Waals surface area contributed by atoms with Crippen LogP contribution >= 0.6 is 11.8 Å². The van der Waals surface area contributed by atoms with Gasteiger partial charge < -0.3 is 4.90 Å². The van der Waals surface area contributed by atoms with E-state index in [-0.39, 0.29) is 11.2 Å². The van der Waals surface area contributed by atoms with Crippen LogP contribution in [0, 0.1) is 0 Å². The second-order valence-corrected chi connectivity index (χ2v) is 9.75. The Morgan fingerprint density at radius 3 is 2.11 bits per heavy atom. The van der Waals surface area contributed by atoms with Gasteiger partial charge in [0.15, 0.2) is 0 Å². The maximum absolute atomic E-state index is 12.7. The van der Waals surface area contributed by atoms with Gasteiger partial charge in [-0.2, -0.15) is 4.31 Å². The number of thioether (sulfide) groups is 1. The summed E-state index contributed by atoms with van der Waals surface area (Å²) in [6, 6.07) is 18.5. The van der Waals surface area contributed by atoms with Crippen molar-refractivity contribution in [3.63, 3.8) is 0 Å². The Kier molecular flexibility index (Phi) is 6.57. The number of hydrogen-bond acceptors (Lipinski definition) is 4. The second-order valence-electron chi connectivity index (χ2n) is 6.48. The second kappa shape index (κ2) is 8.91. The van der Waals surface area contributed by atoms with E-state index in [0.29, 0.717) is 31.1 Å². The van der Waals surface area contributed by atoms with Crippen molar-refractivity contribution in [1.29, 1.82) is 0 Å². The van der Waals surface area contributed by atoms with E-state index in [1.807, 2.05) is 25.1 Å². The summed E-state index contributed by atoms with van der Waals surface area (Å²) < 4.78 is 26.8. The van der Waals surface area contributed by atoms with Crippen LogP contribution in [0.2, 0.25) is 0 Å². The molecular weight excluding hydrogens is 380 g/mol. The number of nitrogens with zero attached hydrogens (tertiary/aromatic N) is 2. The summed E-state index contributed by atoms with van der Waals surface area (Å²) >= 11 is 1.61. The molecule has 0 bridgehead atoms. The number of piperazine rings is 1. The Bertz CT molecular complexity index is 849. The number of benzene rings is 2. The summed E-state index contributed by atoms with van der Waals surface area (Å²) in [5.74, 6) is 0.864. The lowest BCUT2D eigenvalue weighted by atomic mass is 10.2. The summed E-state index contributed by atoms with van der Waals surface area (Å²) in [5, 5.41) is -0.150. The van der Waals surface area contributed by atoms with Crippen LogP contribution in [0.1, 0.15) is 12.5 Å². The largest absolute Gasteiger partial charge is 0.339 e. The molecule has 1 fully saturated rings. The van der Waals surface area contributed by atoms with Crippen LogP contribution in [0.15, 0.2) is 65.6 Å². The number of sulfonamides is 1. The van der Waals surface area contributed by atoms with E-state index >= 15 is 0 Å². The summed E-state index contributed by atoms with van der Waals surface area (Å²) in [7, 11) is -3.49. The lowest BCUT2D eigenvalue weighted by Crippen LogP contribution is -2.52. The SMILES string of the molecule is C[C@@H](SCc1ccccc1)C(=O)N1CCN(S(=O)(=O)c2ccccc2)CC1. The predicted octanol–water partition coefficient (Wildman–Crippen LogP) is 2.84. The highest BCUT2D eigenvalue weighted by Gasteiger charge is 2.31. The average molecular weight is 405 g/mol. The van der Waals surface area contributed by atoms with Gasteiger partial charge in [0.1, 0.15) is 0 Å². The zero-order chi connectivity index (χ0) is 19.3. The summed E-state index contributed by atoms with van der Waals surface area (Å²) in [5.41, 5.74) is 1.20. The van der Waals surface area contributed by atoms with E-state index in [4.69, 9.17) is 0 Å². The number of amides is 1. The Labute approximate surface area is 165 Å². The minimum Gasteiger partial charge on any atom is -0.339 e. The zero-order valence-electron chi connectivity index (χ0n) is 15.3. The topological polar surface area (TPSA) is 57.7 Å². The minimum atomic E-state index is -3.49. The van der Waals surface area contributed by atoms with Crippen molar-refractivity contribution in [1.82, 2.24) is 9.21 Å². The molecule has 1 aliphatic heterocycles. The van der Waals surface area contributed by atoms with Crippen LogP contribution in [-0.4, -0.2) is 55.0 Å². The van der Waals surface area contributed by atoms with Crippen LogP contribution in [0.25, 0.3) is 0 Å². The third-order valence-electron chi connectivity index (χ3n) is 4.62. The number of rotatable bonds is 6. The van der Waals surface area contributed by atoms with Gasteiger partial charge in [-0.25, -0.2) is 8.42 Å². The van der Waals surface area contributed by atoms with E-state index in [9.17, 15) is 13.2 Å². The van der Waals surface area contributed by atoms with Gasteiger partial charge in [-0.05, 0) is 24.6 Å². The maximum Gasteiger partial charge on any atom is 0.243 e. The fourth-order valence-electron chi connectivity index (χ4n) is 3.01. The smallest absolute Gasteiger partial charge is 0.243 e. The van der Waals surface area contributed by atoms with Gasteiger partial charge in [-0.3, -0.25) is 4.79 Å². The van der Waals surface area contributed by atoms with Crippen molar-refractivity contribution in [2.75, 3.05) is 26.2 Å². The lowest BCUT2D eigenvalue weighted by molar-refractivity contribution is -0.131. The first-order valence-corrected chi connectivity index (χ1v) is 11.5. The molecule has 1 heterocycles. The number of carbonyl (C=O) groups is 1. The Balaban J connectivity index is 1.53. The molecular formula is C20H24N2O3S2. The molecule has 0 unspecified atom stereocenters. The third kappa shape index (κ3) is 4.91. The molecule has 0 radical (unpaired) electrons. The fourth-order valence-corrected chi connectivity index (χ4v) is 5.38. The van der Waals surface area contributed by atoms with Crippen LogP contribution in [0.3, 0.4) is 0 Å². The summed E-state index contributed by atoms with van der Waals surface area (Å²) in [4.78, 5) is 14.8. The Morgan fingerprint density at radius 2 is 1.52 bits per heavy atom. The first-order valence-electron chi connectivity index (χ1n) is 8.98. The Morgan fingerprint density at radius 1 is 0.963 bits per heavy atom. The molecule has 0 N–H and O–H groups in total. The molecule has 1 amide bonds. The molecule has 0 aliphatic carbocycles. The van der Waals surface area contributed by atoms with Crippen molar-refractivity contribution >= 4 is 27.7 Å². The van der Waals surface area contributed by atoms with Crippen LogP contribution in [0.5, 0.6) is 0 Å². The molecule has 5 nitrogen and oxygen atoms in total. The third-order valence-corrected chi connectivity index (χ3v) is 7.74. The molecule has 2 aromatic rings. The molecule has 1 saturated heterocycles.